The number of allylic oxidation sites excluding steroid dienone is 2. The van der Waals surface area contributed by atoms with E-state index in [2.05, 4.69) is 6.58 Å². The topological polar surface area (TPSA) is 55.8 Å². The molecule has 4 atom stereocenters. The summed E-state index contributed by atoms with van der Waals surface area (Å²) >= 11 is 0. The Hall–Kier alpha value is -2.14. The van der Waals surface area contributed by atoms with Crippen LogP contribution in [-0.4, -0.2) is 30.2 Å². The van der Waals surface area contributed by atoms with Gasteiger partial charge in [-0.3, -0.25) is 4.79 Å². The lowest BCUT2D eigenvalue weighted by molar-refractivity contribution is -0.124. The molecule has 1 N–H and O–H groups in total. The first-order chi connectivity index (χ1) is 12.8. The lowest BCUT2D eigenvalue weighted by Crippen LogP contribution is -2.46. The van der Waals surface area contributed by atoms with Gasteiger partial charge in [0.2, 0.25) is 0 Å². The van der Waals surface area contributed by atoms with E-state index in [1.807, 2.05) is 13.8 Å². The van der Waals surface area contributed by atoms with Gasteiger partial charge in [0.25, 0.3) is 0 Å². The van der Waals surface area contributed by atoms with E-state index in [1.165, 1.54) is 19.2 Å². The minimum Gasteiger partial charge on any atom is -0.504 e. The summed E-state index contributed by atoms with van der Waals surface area (Å²) in [6, 6.07) is 2.62. The number of aromatic hydroxyl groups is 1. The normalized spacial score (nSPS) is 26.9. The van der Waals surface area contributed by atoms with Gasteiger partial charge in [-0.25, -0.2) is 4.39 Å². The van der Waals surface area contributed by atoms with Crippen LogP contribution in [0.4, 0.5) is 4.39 Å². The molecule has 1 fully saturated rings. The highest BCUT2D eigenvalue weighted by Crippen LogP contribution is 2.48. The summed E-state index contributed by atoms with van der Waals surface area (Å²) in [6.07, 6.45) is 5.23. The standard InChI is InChI=1S/C22H27FO4/c1-5-13(2)17-12-22(16(6-7-27-22)10-19(17)24)14(3)8-15-9-20(25)21(26-4)11-18(15)23/h5,9-11,13-14,17,25H,1,6-8,12H2,2-4H3/t13?,14?,17-,22-/m0/s1. The highest BCUT2D eigenvalue weighted by atomic mass is 19.1. The van der Waals surface area contributed by atoms with Crippen LogP contribution < -0.4 is 4.74 Å². The largest absolute Gasteiger partial charge is 0.504 e. The van der Waals surface area contributed by atoms with Crippen molar-refractivity contribution in [1.29, 1.82) is 0 Å². The Kier molecular flexibility index (Phi) is 5.43. The van der Waals surface area contributed by atoms with Crippen molar-refractivity contribution in [2.75, 3.05) is 13.7 Å². The number of fused-ring (bicyclic) bond motifs is 1. The van der Waals surface area contributed by atoms with E-state index in [9.17, 15) is 14.3 Å². The molecule has 0 saturated carbocycles. The maximum atomic E-state index is 14.5. The molecule has 2 aliphatic rings. The molecule has 2 unspecified atom stereocenters. The van der Waals surface area contributed by atoms with Crippen molar-refractivity contribution in [2.24, 2.45) is 17.8 Å². The predicted molar refractivity (Wildman–Crippen MR) is 101 cm³/mol. The smallest absolute Gasteiger partial charge is 0.163 e. The summed E-state index contributed by atoms with van der Waals surface area (Å²) in [5, 5.41) is 10.0. The van der Waals surface area contributed by atoms with Gasteiger partial charge < -0.3 is 14.6 Å². The van der Waals surface area contributed by atoms with Crippen LogP contribution in [0.1, 0.15) is 32.3 Å². The number of hydrogen-bond acceptors (Lipinski definition) is 4. The lowest BCUT2D eigenvalue weighted by atomic mass is 9.66. The van der Waals surface area contributed by atoms with Gasteiger partial charge in [0.05, 0.1) is 19.3 Å². The lowest BCUT2D eigenvalue weighted by Gasteiger charge is -2.42. The number of halogens is 1. The third-order valence-corrected chi connectivity index (χ3v) is 6.16. The summed E-state index contributed by atoms with van der Waals surface area (Å²) < 4.78 is 25.7. The molecule has 4 nitrogen and oxygen atoms in total. The molecule has 1 aromatic rings. The molecule has 0 spiro atoms. The molecule has 5 heteroatoms. The fraction of sp³-hybridized carbons (Fsp3) is 0.500. The number of methoxy groups -OCH3 is 1. The van der Waals surface area contributed by atoms with Gasteiger partial charge in [-0.15, -0.1) is 6.58 Å². The van der Waals surface area contributed by atoms with Gasteiger partial charge in [-0.05, 0) is 54.4 Å². The van der Waals surface area contributed by atoms with E-state index in [0.717, 1.165) is 12.0 Å². The van der Waals surface area contributed by atoms with Gasteiger partial charge in [0.1, 0.15) is 5.82 Å². The Labute approximate surface area is 159 Å². The maximum Gasteiger partial charge on any atom is 0.163 e. The van der Waals surface area contributed by atoms with Crippen molar-refractivity contribution in [3.05, 3.63) is 47.8 Å². The van der Waals surface area contributed by atoms with Crippen molar-refractivity contribution < 1.29 is 23.8 Å². The molecule has 1 saturated heterocycles. The first-order valence-corrected chi connectivity index (χ1v) is 9.39. The average molecular weight is 374 g/mol. The van der Waals surface area contributed by atoms with Crippen molar-refractivity contribution in [2.45, 2.75) is 38.7 Å². The van der Waals surface area contributed by atoms with Crippen LogP contribution in [-0.2, 0) is 16.0 Å². The van der Waals surface area contributed by atoms with E-state index in [-0.39, 0.29) is 35.0 Å². The Morgan fingerprint density at radius 3 is 2.89 bits per heavy atom. The van der Waals surface area contributed by atoms with E-state index < -0.39 is 11.4 Å². The van der Waals surface area contributed by atoms with E-state index >= 15 is 0 Å². The van der Waals surface area contributed by atoms with Gasteiger partial charge in [0.15, 0.2) is 17.3 Å². The molecular weight excluding hydrogens is 347 g/mol. The molecular formula is C22H27FO4. The first kappa shape index (κ1) is 19.6. The van der Waals surface area contributed by atoms with Crippen molar-refractivity contribution >= 4 is 5.78 Å². The second-order valence-electron chi connectivity index (χ2n) is 7.69. The number of phenols is 1. The van der Waals surface area contributed by atoms with Gasteiger partial charge >= 0.3 is 0 Å². The molecule has 146 valence electrons. The number of ketones is 1. The molecule has 1 heterocycles. The van der Waals surface area contributed by atoms with Crippen LogP contribution in [0.3, 0.4) is 0 Å². The average Bonchev–Trinajstić information content (AvgIpc) is 3.06. The zero-order chi connectivity index (χ0) is 19.8. The Morgan fingerprint density at radius 1 is 1.48 bits per heavy atom. The Morgan fingerprint density at radius 2 is 2.22 bits per heavy atom. The van der Waals surface area contributed by atoms with E-state index in [0.29, 0.717) is 25.0 Å². The molecule has 0 bridgehead atoms. The number of rotatable bonds is 6. The number of carbonyl (C=O) groups is 1. The Balaban J connectivity index is 1.91. The van der Waals surface area contributed by atoms with Crippen LogP contribution in [0.2, 0.25) is 0 Å². The number of ether oxygens (including phenoxy) is 2. The fourth-order valence-electron chi connectivity index (χ4n) is 4.41. The van der Waals surface area contributed by atoms with Crippen LogP contribution in [0, 0.1) is 23.6 Å². The van der Waals surface area contributed by atoms with Crippen LogP contribution in [0.15, 0.2) is 36.4 Å². The summed E-state index contributed by atoms with van der Waals surface area (Å²) in [7, 11) is 1.39. The van der Waals surface area contributed by atoms with Crippen molar-refractivity contribution in [3.63, 3.8) is 0 Å². The molecule has 27 heavy (non-hydrogen) atoms. The maximum absolute atomic E-state index is 14.5. The first-order valence-electron chi connectivity index (χ1n) is 9.39. The minimum absolute atomic E-state index is 0.0466. The summed E-state index contributed by atoms with van der Waals surface area (Å²) in [5.74, 6) is -0.452. The Bertz CT molecular complexity index is 785. The van der Waals surface area contributed by atoms with Crippen LogP contribution >= 0.6 is 0 Å². The molecule has 0 amide bonds. The number of hydrogen-bond donors (Lipinski definition) is 1. The van der Waals surface area contributed by atoms with Crippen molar-refractivity contribution in [1.82, 2.24) is 0 Å². The summed E-state index contributed by atoms with van der Waals surface area (Å²) in [5.41, 5.74) is 0.846. The van der Waals surface area contributed by atoms with E-state index in [1.54, 1.807) is 12.2 Å². The van der Waals surface area contributed by atoms with Crippen molar-refractivity contribution in [3.8, 4) is 11.5 Å². The SMILES string of the molecule is C=CC(C)[C@@H]1C[C@@]2(C(C)Cc3cc(O)c(OC)cc3F)OCCC2=CC1=O. The van der Waals surface area contributed by atoms with Crippen LogP contribution in [0.25, 0.3) is 0 Å². The molecule has 1 aromatic carbocycles. The minimum atomic E-state index is -0.572. The quantitative estimate of drug-likeness (QED) is 0.758. The van der Waals surface area contributed by atoms with Gasteiger partial charge in [-0.1, -0.05) is 19.9 Å². The summed E-state index contributed by atoms with van der Waals surface area (Å²) in [4.78, 5) is 12.5. The number of phenolic OH excluding ortho intramolecular Hbond substituents is 1. The predicted octanol–water partition coefficient (Wildman–Crippen LogP) is 4.22. The molecule has 0 radical (unpaired) electrons. The van der Waals surface area contributed by atoms with E-state index in [4.69, 9.17) is 9.47 Å². The fourth-order valence-corrected chi connectivity index (χ4v) is 4.41. The third kappa shape index (κ3) is 3.41. The number of carbonyl (C=O) groups excluding carboxylic acids is 1. The number of benzene rings is 1. The summed E-state index contributed by atoms with van der Waals surface area (Å²) in [6.45, 7) is 8.40. The zero-order valence-corrected chi connectivity index (χ0v) is 16.1. The second-order valence-corrected chi connectivity index (χ2v) is 7.69. The monoisotopic (exact) mass is 374 g/mol. The third-order valence-electron chi connectivity index (χ3n) is 6.16. The molecule has 3 rings (SSSR count). The molecule has 1 aliphatic heterocycles. The second kappa shape index (κ2) is 7.47. The van der Waals surface area contributed by atoms with Gasteiger partial charge in [-0.2, -0.15) is 0 Å². The van der Waals surface area contributed by atoms with Gasteiger partial charge in [0, 0.05) is 12.0 Å². The zero-order valence-electron chi connectivity index (χ0n) is 16.1. The highest BCUT2D eigenvalue weighted by molar-refractivity contribution is 5.94. The molecule has 1 aliphatic carbocycles. The highest BCUT2D eigenvalue weighted by Gasteiger charge is 2.50. The van der Waals surface area contributed by atoms with Crippen LogP contribution in [0.5, 0.6) is 11.5 Å². The molecule has 0 aromatic heterocycles.